The van der Waals surface area contributed by atoms with Gasteiger partial charge in [-0.1, -0.05) is 26.2 Å². The van der Waals surface area contributed by atoms with Crippen molar-refractivity contribution >= 4 is 11.8 Å². The van der Waals surface area contributed by atoms with Gasteiger partial charge in [0.05, 0.1) is 7.11 Å². The Hall–Kier alpha value is -1.35. The second-order valence-electron chi connectivity index (χ2n) is 4.86. The van der Waals surface area contributed by atoms with Crippen molar-refractivity contribution in [3.63, 3.8) is 0 Å². The molecule has 0 saturated heterocycles. The molecule has 0 amide bonds. The van der Waals surface area contributed by atoms with Gasteiger partial charge in [-0.15, -0.1) is 11.8 Å². The fourth-order valence-electron chi connectivity index (χ4n) is 2.10. The number of methoxy groups -OCH3 is 1. The maximum absolute atomic E-state index is 5.18. The molecule has 0 saturated carbocycles. The molecule has 0 spiro atoms. The fourth-order valence-corrected chi connectivity index (χ4v) is 3.03. The first-order valence-electron chi connectivity index (χ1n) is 7.28. The van der Waals surface area contributed by atoms with Gasteiger partial charge in [0.15, 0.2) is 0 Å². The van der Waals surface area contributed by atoms with Crippen molar-refractivity contribution in [2.24, 2.45) is 0 Å². The largest absolute Gasteiger partial charge is 0.497 e. The van der Waals surface area contributed by atoms with E-state index >= 15 is 0 Å². The van der Waals surface area contributed by atoms with Crippen LogP contribution in [0.25, 0.3) is 5.69 Å². The SMILES string of the molecule is CCCCCCSc1ccn(-c2ccc(OC)cc2)c1. The van der Waals surface area contributed by atoms with E-state index in [0.29, 0.717) is 0 Å². The molecule has 20 heavy (non-hydrogen) atoms. The molecule has 3 heteroatoms. The molecule has 108 valence electrons. The number of rotatable bonds is 8. The Kier molecular flexibility index (Phi) is 6.06. The summed E-state index contributed by atoms with van der Waals surface area (Å²) < 4.78 is 7.34. The first-order valence-corrected chi connectivity index (χ1v) is 8.27. The van der Waals surface area contributed by atoms with E-state index in [1.807, 2.05) is 23.9 Å². The lowest BCUT2D eigenvalue weighted by Gasteiger charge is -2.04. The van der Waals surface area contributed by atoms with E-state index in [1.54, 1.807) is 7.11 Å². The highest BCUT2D eigenvalue weighted by Crippen LogP contribution is 2.23. The number of hydrogen-bond donors (Lipinski definition) is 0. The molecule has 0 bridgehead atoms. The Bertz CT molecular complexity index is 504. The molecule has 0 fully saturated rings. The Morgan fingerprint density at radius 3 is 2.55 bits per heavy atom. The number of hydrogen-bond acceptors (Lipinski definition) is 2. The molecular weight excluding hydrogens is 266 g/mol. The standard InChI is InChI=1S/C17H23NOS/c1-3-4-5-6-13-20-17-11-12-18(14-17)15-7-9-16(19-2)10-8-15/h7-12,14H,3-6,13H2,1-2H3. The van der Waals surface area contributed by atoms with Crippen molar-refractivity contribution in [2.75, 3.05) is 12.9 Å². The summed E-state index contributed by atoms with van der Waals surface area (Å²) in [6, 6.07) is 10.3. The van der Waals surface area contributed by atoms with Crippen molar-refractivity contribution < 1.29 is 4.74 Å². The molecule has 2 aromatic rings. The van der Waals surface area contributed by atoms with Gasteiger partial charge in [0.2, 0.25) is 0 Å². The normalized spacial score (nSPS) is 10.7. The Balaban J connectivity index is 1.87. The van der Waals surface area contributed by atoms with Crippen LogP contribution < -0.4 is 4.74 Å². The van der Waals surface area contributed by atoms with Gasteiger partial charge in [0, 0.05) is 23.0 Å². The predicted octanol–water partition coefficient (Wildman–Crippen LogP) is 5.16. The molecule has 0 aliphatic carbocycles. The van der Waals surface area contributed by atoms with Crippen LogP contribution in [0.4, 0.5) is 0 Å². The summed E-state index contributed by atoms with van der Waals surface area (Å²) >= 11 is 1.95. The third-order valence-corrected chi connectivity index (χ3v) is 4.37. The topological polar surface area (TPSA) is 14.2 Å². The van der Waals surface area contributed by atoms with Gasteiger partial charge in [-0.3, -0.25) is 0 Å². The number of nitrogens with zero attached hydrogens (tertiary/aromatic N) is 1. The molecule has 1 aromatic heterocycles. The highest BCUT2D eigenvalue weighted by atomic mass is 32.2. The lowest BCUT2D eigenvalue weighted by Crippen LogP contribution is -1.89. The molecule has 0 aliphatic rings. The fraction of sp³-hybridized carbons (Fsp3) is 0.412. The molecule has 2 nitrogen and oxygen atoms in total. The summed E-state index contributed by atoms with van der Waals surface area (Å²) in [6.45, 7) is 2.25. The van der Waals surface area contributed by atoms with Crippen LogP contribution in [-0.2, 0) is 0 Å². The number of ether oxygens (including phenoxy) is 1. The highest BCUT2D eigenvalue weighted by Gasteiger charge is 2.00. The highest BCUT2D eigenvalue weighted by molar-refractivity contribution is 7.99. The maximum atomic E-state index is 5.18. The smallest absolute Gasteiger partial charge is 0.119 e. The van der Waals surface area contributed by atoms with Crippen LogP contribution >= 0.6 is 11.8 Å². The minimum Gasteiger partial charge on any atom is -0.497 e. The number of unbranched alkanes of at least 4 members (excludes halogenated alkanes) is 3. The minimum atomic E-state index is 0.895. The molecule has 0 N–H and O–H groups in total. The number of benzene rings is 1. The summed E-state index contributed by atoms with van der Waals surface area (Å²) in [7, 11) is 1.69. The third kappa shape index (κ3) is 4.34. The van der Waals surface area contributed by atoms with E-state index in [0.717, 1.165) is 5.75 Å². The van der Waals surface area contributed by atoms with E-state index in [-0.39, 0.29) is 0 Å². The third-order valence-electron chi connectivity index (χ3n) is 3.30. The van der Waals surface area contributed by atoms with Gasteiger partial charge < -0.3 is 9.30 Å². The maximum Gasteiger partial charge on any atom is 0.119 e. The van der Waals surface area contributed by atoms with Crippen LogP contribution in [0.5, 0.6) is 5.75 Å². The quantitative estimate of drug-likeness (QED) is 0.492. The van der Waals surface area contributed by atoms with E-state index in [9.17, 15) is 0 Å². The summed E-state index contributed by atoms with van der Waals surface area (Å²) in [4.78, 5) is 1.34. The predicted molar refractivity (Wildman–Crippen MR) is 87.2 cm³/mol. The average Bonchev–Trinajstić information content (AvgIpc) is 2.96. The van der Waals surface area contributed by atoms with Crippen LogP contribution in [0.3, 0.4) is 0 Å². The Morgan fingerprint density at radius 2 is 1.85 bits per heavy atom. The van der Waals surface area contributed by atoms with Gasteiger partial charge >= 0.3 is 0 Å². The lowest BCUT2D eigenvalue weighted by molar-refractivity contribution is 0.415. The first-order chi connectivity index (χ1) is 9.83. The van der Waals surface area contributed by atoms with E-state index in [4.69, 9.17) is 4.74 Å². The number of thioether (sulfide) groups is 1. The van der Waals surface area contributed by atoms with Gasteiger partial charge in [-0.2, -0.15) is 0 Å². The van der Waals surface area contributed by atoms with Gasteiger partial charge in [-0.25, -0.2) is 0 Å². The molecular formula is C17H23NOS. The van der Waals surface area contributed by atoms with Gasteiger partial charge in [-0.05, 0) is 42.5 Å². The van der Waals surface area contributed by atoms with Crippen molar-refractivity contribution in [2.45, 2.75) is 37.5 Å². The molecule has 0 unspecified atom stereocenters. The Morgan fingerprint density at radius 1 is 1.05 bits per heavy atom. The molecule has 0 aliphatic heterocycles. The zero-order valence-electron chi connectivity index (χ0n) is 12.3. The van der Waals surface area contributed by atoms with Crippen LogP contribution in [0.1, 0.15) is 32.6 Å². The Labute approximate surface area is 126 Å². The second-order valence-corrected chi connectivity index (χ2v) is 6.03. The lowest BCUT2D eigenvalue weighted by atomic mass is 10.2. The van der Waals surface area contributed by atoms with Gasteiger partial charge in [0.1, 0.15) is 5.75 Å². The van der Waals surface area contributed by atoms with Crippen molar-refractivity contribution in [3.05, 3.63) is 42.7 Å². The minimum absolute atomic E-state index is 0.895. The number of aromatic nitrogens is 1. The van der Waals surface area contributed by atoms with Crippen molar-refractivity contribution in [3.8, 4) is 11.4 Å². The molecule has 2 rings (SSSR count). The van der Waals surface area contributed by atoms with Gasteiger partial charge in [0.25, 0.3) is 0 Å². The van der Waals surface area contributed by atoms with Crippen LogP contribution in [-0.4, -0.2) is 17.4 Å². The zero-order chi connectivity index (χ0) is 14.2. The zero-order valence-corrected chi connectivity index (χ0v) is 13.2. The van der Waals surface area contributed by atoms with E-state index in [2.05, 4.69) is 42.1 Å². The average molecular weight is 289 g/mol. The summed E-state index contributed by atoms with van der Waals surface area (Å²) in [5.41, 5.74) is 1.17. The van der Waals surface area contributed by atoms with Crippen LogP contribution in [0, 0.1) is 0 Å². The van der Waals surface area contributed by atoms with E-state index in [1.165, 1.54) is 42.0 Å². The second kappa shape index (κ2) is 8.05. The van der Waals surface area contributed by atoms with Crippen molar-refractivity contribution in [1.29, 1.82) is 0 Å². The van der Waals surface area contributed by atoms with Crippen LogP contribution in [0.15, 0.2) is 47.6 Å². The molecule has 1 heterocycles. The first kappa shape index (κ1) is 15.0. The molecule has 0 radical (unpaired) electrons. The summed E-state index contributed by atoms with van der Waals surface area (Å²) in [5.74, 6) is 2.11. The van der Waals surface area contributed by atoms with E-state index < -0.39 is 0 Å². The molecule has 0 atom stereocenters. The molecule has 1 aromatic carbocycles. The summed E-state index contributed by atoms with van der Waals surface area (Å²) in [5, 5.41) is 0. The van der Waals surface area contributed by atoms with Crippen LogP contribution in [0.2, 0.25) is 0 Å². The monoisotopic (exact) mass is 289 g/mol. The van der Waals surface area contributed by atoms with Crippen molar-refractivity contribution in [1.82, 2.24) is 4.57 Å². The summed E-state index contributed by atoms with van der Waals surface area (Å²) in [6.07, 6.45) is 9.64.